The number of likely N-dealkylation sites (tertiary alicyclic amines) is 1. The molecule has 0 bridgehead atoms. The predicted molar refractivity (Wildman–Crippen MR) is 106 cm³/mol. The summed E-state index contributed by atoms with van der Waals surface area (Å²) in [6, 6.07) is 16.2. The number of amides is 1. The summed E-state index contributed by atoms with van der Waals surface area (Å²) in [6.45, 7) is 1.41. The second kappa shape index (κ2) is 8.30. The van der Waals surface area contributed by atoms with Crippen LogP contribution in [0.2, 0.25) is 0 Å². The van der Waals surface area contributed by atoms with Gasteiger partial charge in [0.2, 0.25) is 5.91 Å². The molecule has 1 fully saturated rings. The Kier molecular flexibility index (Phi) is 5.42. The van der Waals surface area contributed by atoms with E-state index in [-0.39, 0.29) is 17.6 Å². The van der Waals surface area contributed by atoms with E-state index < -0.39 is 0 Å². The molecule has 4 rings (SSSR count). The van der Waals surface area contributed by atoms with Crippen LogP contribution in [0.15, 0.2) is 67.0 Å². The number of pyridine rings is 2. The molecule has 4 nitrogen and oxygen atoms in total. The number of hydrogen-bond donors (Lipinski definition) is 0. The molecule has 28 heavy (non-hydrogen) atoms. The first-order valence-corrected chi connectivity index (χ1v) is 9.59. The number of aromatic nitrogens is 2. The van der Waals surface area contributed by atoms with Crippen LogP contribution >= 0.6 is 0 Å². The molecule has 3 heterocycles. The third-order valence-electron chi connectivity index (χ3n) is 5.19. The number of benzene rings is 1. The minimum atomic E-state index is -0.274. The van der Waals surface area contributed by atoms with Crippen LogP contribution < -0.4 is 0 Å². The first-order chi connectivity index (χ1) is 13.7. The average molecular weight is 375 g/mol. The van der Waals surface area contributed by atoms with Crippen LogP contribution in [0.1, 0.15) is 30.0 Å². The van der Waals surface area contributed by atoms with Gasteiger partial charge in [0.15, 0.2) is 0 Å². The van der Waals surface area contributed by atoms with Crippen LogP contribution in [0.5, 0.6) is 0 Å². The van der Waals surface area contributed by atoms with Crippen molar-refractivity contribution in [1.29, 1.82) is 0 Å². The molecule has 1 saturated heterocycles. The van der Waals surface area contributed by atoms with E-state index >= 15 is 0 Å². The van der Waals surface area contributed by atoms with Gasteiger partial charge in [0.05, 0.1) is 12.1 Å². The highest BCUT2D eigenvalue weighted by Gasteiger charge is 2.26. The minimum absolute atomic E-state index is 0.114. The summed E-state index contributed by atoms with van der Waals surface area (Å²) in [4.78, 5) is 23.4. The van der Waals surface area contributed by atoms with Gasteiger partial charge >= 0.3 is 0 Å². The fourth-order valence-electron chi connectivity index (χ4n) is 3.73. The van der Waals surface area contributed by atoms with E-state index in [9.17, 15) is 9.18 Å². The number of carbonyl (C=O) groups is 1. The maximum Gasteiger partial charge on any atom is 0.227 e. The quantitative estimate of drug-likeness (QED) is 0.685. The molecule has 1 atom stereocenters. The fourth-order valence-corrected chi connectivity index (χ4v) is 3.73. The van der Waals surface area contributed by atoms with Crippen molar-refractivity contribution in [1.82, 2.24) is 14.9 Å². The van der Waals surface area contributed by atoms with Crippen molar-refractivity contribution in [2.24, 2.45) is 0 Å². The Balaban J connectivity index is 1.50. The Bertz CT molecular complexity index is 961. The van der Waals surface area contributed by atoms with Crippen molar-refractivity contribution in [2.75, 3.05) is 13.1 Å². The lowest BCUT2D eigenvalue weighted by molar-refractivity contribution is -0.131. The molecule has 5 heteroatoms. The smallest absolute Gasteiger partial charge is 0.227 e. The van der Waals surface area contributed by atoms with E-state index in [1.54, 1.807) is 24.5 Å². The van der Waals surface area contributed by atoms with Gasteiger partial charge in [0.1, 0.15) is 5.82 Å². The fraction of sp³-hybridized carbons (Fsp3) is 0.261. The summed E-state index contributed by atoms with van der Waals surface area (Å²) in [5.74, 6) is 0.00495. The molecular formula is C23H22FN3O. The van der Waals surface area contributed by atoms with Gasteiger partial charge in [0, 0.05) is 42.7 Å². The van der Waals surface area contributed by atoms with Crippen LogP contribution in [0.25, 0.3) is 11.3 Å². The van der Waals surface area contributed by atoms with Gasteiger partial charge in [-0.1, -0.05) is 24.3 Å². The number of rotatable bonds is 4. The highest BCUT2D eigenvalue weighted by molar-refractivity contribution is 5.78. The predicted octanol–water partition coefficient (Wildman–Crippen LogP) is 4.23. The second-order valence-corrected chi connectivity index (χ2v) is 7.14. The normalized spacial score (nSPS) is 16.8. The summed E-state index contributed by atoms with van der Waals surface area (Å²) >= 11 is 0. The number of nitrogens with zero attached hydrogens (tertiary/aromatic N) is 3. The van der Waals surface area contributed by atoms with Gasteiger partial charge in [-0.15, -0.1) is 0 Å². The third kappa shape index (κ3) is 4.09. The number of piperidine rings is 1. The Morgan fingerprint density at radius 2 is 2.00 bits per heavy atom. The zero-order valence-corrected chi connectivity index (χ0v) is 15.6. The molecule has 0 radical (unpaired) electrons. The lowest BCUT2D eigenvalue weighted by Crippen LogP contribution is -2.40. The van der Waals surface area contributed by atoms with Crippen molar-refractivity contribution in [3.8, 4) is 11.3 Å². The summed E-state index contributed by atoms with van der Waals surface area (Å²) in [6.07, 6.45) is 5.72. The van der Waals surface area contributed by atoms with E-state index in [0.29, 0.717) is 24.2 Å². The molecule has 1 amide bonds. The number of carbonyl (C=O) groups excluding carboxylic acids is 1. The zero-order valence-electron chi connectivity index (χ0n) is 15.6. The molecule has 142 valence electrons. The molecule has 0 unspecified atom stereocenters. The van der Waals surface area contributed by atoms with Crippen molar-refractivity contribution in [2.45, 2.75) is 25.2 Å². The van der Waals surface area contributed by atoms with Crippen molar-refractivity contribution in [3.05, 3.63) is 84.1 Å². The van der Waals surface area contributed by atoms with Crippen LogP contribution in [0, 0.1) is 5.82 Å². The summed E-state index contributed by atoms with van der Waals surface area (Å²) in [5, 5.41) is 0. The zero-order chi connectivity index (χ0) is 19.3. The molecule has 0 aliphatic carbocycles. The van der Waals surface area contributed by atoms with Crippen molar-refractivity contribution >= 4 is 5.91 Å². The Hall–Kier alpha value is -3.08. The van der Waals surface area contributed by atoms with Gasteiger partial charge in [-0.05, 0) is 48.7 Å². The monoisotopic (exact) mass is 375 g/mol. The minimum Gasteiger partial charge on any atom is -0.342 e. The lowest BCUT2D eigenvalue weighted by atomic mass is 9.93. The summed E-state index contributed by atoms with van der Waals surface area (Å²) in [5.41, 5.74) is 2.98. The molecule has 0 N–H and O–H groups in total. The van der Waals surface area contributed by atoms with Crippen LogP contribution in [0.4, 0.5) is 4.39 Å². The third-order valence-corrected chi connectivity index (χ3v) is 5.19. The van der Waals surface area contributed by atoms with Gasteiger partial charge in [-0.2, -0.15) is 0 Å². The molecule has 1 aliphatic heterocycles. The maximum atomic E-state index is 14.1. The van der Waals surface area contributed by atoms with E-state index in [1.165, 1.54) is 6.07 Å². The van der Waals surface area contributed by atoms with Gasteiger partial charge in [-0.25, -0.2) is 4.39 Å². The molecule has 2 aromatic heterocycles. The Labute approximate surface area is 164 Å². The molecule has 1 aliphatic rings. The highest BCUT2D eigenvalue weighted by Crippen LogP contribution is 2.28. The Morgan fingerprint density at radius 3 is 2.82 bits per heavy atom. The van der Waals surface area contributed by atoms with Gasteiger partial charge in [0.25, 0.3) is 0 Å². The molecule has 3 aromatic rings. The number of halogens is 1. The maximum absolute atomic E-state index is 14.1. The van der Waals surface area contributed by atoms with Crippen LogP contribution in [0.3, 0.4) is 0 Å². The second-order valence-electron chi connectivity index (χ2n) is 7.14. The van der Waals surface area contributed by atoms with Gasteiger partial charge < -0.3 is 4.90 Å². The average Bonchev–Trinajstić information content (AvgIpc) is 2.75. The van der Waals surface area contributed by atoms with E-state index in [0.717, 1.165) is 30.6 Å². The van der Waals surface area contributed by atoms with E-state index in [4.69, 9.17) is 4.98 Å². The molecule has 0 spiro atoms. The van der Waals surface area contributed by atoms with Crippen molar-refractivity contribution in [3.63, 3.8) is 0 Å². The van der Waals surface area contributed by atoms with Crippen LogP contribution in [-0.2, 0) is 11.2 Å². The van der Waals surface area contributed by atoms with E-state index in [1.807, 2.05) is 41.3 Å². The first-order valence-electron chi connectivity index (χ1n) is 9.59. The summed E-state index contributed by atoms with van der Waals surface area (Å²) < 4.78 is 14.1. The van der Waals surface area contributed by atoms with E-state index in [2.05, 4.69) is 4.98 Å². The molecule has 1 aromatic carbocycles. The standard InChI is InChI=1S/C23H22FN3O/c24-20-9-2-1-8-19(20)22-11-3-10-21(26-22)18-7-5-13-27(16-18)23(28)14-17-6-4-12-25-15-17/h1-4,6,8-12,15,18H,5,7,13-14,16H2/t18-/m0/s1. The van der Waals surface area contributed by atoms with Crippen LogP contribution in [-0.4, -0.2) is 33.9 Å². The number of hydrogen-bond acceptors (Lipinski definition) is 3. The first kappa shape index (κ1) is 18.3. The SMILES string of the molecule is O=C(Cc1cccnc1)N1CCC[C@H](c2cccc(-c3ccccc3F)n2)C1. The highest BCUT2D eigenvalue weighted by atomic mass is 19.1. The molecule has 0 saturated carbocycles. The topological polar surface area (TPSA) is 46.1 Å². The lowest BCUT2D eigenvalue weighted by Gasteiger charge is -2.32. The van der Waals surface area contributed by atoms with Crippen molar-refractivity contribution < 1.29 is 9.18 Å². The van der Waals surface area contributed by atoms with Gasteiger partial charge in [-0.3, -0.25) is 14.8 Å². The molecular weight excluding hydrogens is 353 g/mol. The largest absolute Gasteiger partial charge is 0.342 e. The summed E-state index contributed by atoms with van der Waals surface area (Å²) in [7, 11) is 0. The Morgan fingerprint density at radius 1 is 1.11 bits per heavy atom.